The summed E-state index contributed by atoms with van der Waals surface area (Å²) in [5.41, 5.74) is 0.698. The Kier molecular flexibility index (Phi) is 17.0. The summed E-state index contributed by atoms with van der Waals surface area (Å²) in [5.74, 6) is -7.06. The monoisotopic (exact) mass is 797 g/mol. The summed E-state index contributed by atoms with van der Waals surface area (Å²) >= 11 is 0. The number of nitrogens with one attached hydrogen (secondary N) is 6. The lowest BCUT2D eigenvalue weighted by Gasteiger charge is -2.32. The van der Waals surface area contributed by atoms with E-state index in [-0.39, 0.29) is 19.4 Å². The maximum Gasteiger partial charge on any atom is 0.329 e. The third-order valence-corrected chi connectivity index (χ3v) is 10.4. The van der Waals surface area contributed by atoms with Crippen molar-refractivity contribution >= 4 is 47.3 Å². The fraction of sp³-hybridized carbons (Fsp3) is 0.659. The van der Waals surface area contributed by atoms with Crippen molar-refractivity contribution in [1.29, 1.82) is 0 Å². The molecule has 1 aromatic carbocycles. The van der Waals surface area contributed by atoms with E-state index in [1.54, 1.807) is 92.6 Å². The van der Waals surface area contributed by atoms with Gasteiger partial charge in [-0.05, 0) is 49.0 Å². The van der Waals surface area contributed by atoms with Crippen molar-refractivity contribution in [3.05, 3.63) is 35.9 Å². The molecule has 57 heavy (non-hydrogen) atoms. The van der Waals surface area contributed by atoms with E-state index >= 15 is 0 Å². The molecule has 0 aromatic heterocycles. The first-order valence-electron chi connectivity index (χ1n) is 20.1. The van der Waals surface area contributed by atoms with Crippen LogP contribution in [-0.2, 0) is 49.5 Å². The van der Waals surface area contributed by atoms with E-state index < -0.39 is 119 Å². The third-order valence-electron chi connectivity index (χ3n) is 10.4. The topological polar surface area (TPSA) is 221 Å². The van der Waals surface area contributed by atoms with Gasteiger partial charge in [-0.15, -0.1) is 0 Å². The molecule has 16 heteroatoms. The van der Waals surface area contributed by atoms with Gasteiger partial charge in [0.15, 0.2) is 0 Å². The fourth-order valence-electron chi connectivity index (χ4n) is 6.89. The molecule has 8 atom stereocenters. The number of rotatable bonds is 10. The minimum atomic E-state index is -1.58. The van der Waals surface area contributed by atoms with E-state index in [4.69, 9.17) is 4.74 Å². The molecule has 2 fully saturated rings. The van der Waals surface area contributed by atoms with Gasteiger partial charge in [-0.2, -0.15) is 0 Å². The van der Waals surface area contributed by atoms with Crippen LogP contribution >= 0.6 is 0 Å². The highest BCUT2D eigenvalue weighted by molar-refractivity contribution is 5.98. The van der Waals surface area contributed by atoms with Crippen LogP contribution in [0.1, 0.15) is 94.1 Å². The number of cyclic esters (lactones) is 1. The molecule has 316 valence electrons. The predicted octanol–water partition coefficient (Wildman–Crippen LogP) is 1.11. The van der Waals surface area contributed by atoms with E-state index in [0.29, 0.717) is 18.4 Å². The van der Waals surface area contributed by atoms with Gasteiger partial charge in [0.2, 0.25) is 41.4 Å². The molecule has 6 N–H and O–H groups in total. The summed E-state index contributed by atoms with van der Waals surface area (Å²) in [6, 6.07) is 0.661. The Hall–Kier alpha value is -5.02. The molecule has 2 heterocycles. The van der Waals surface area contributed by atoms with Crippen LogP contribution in [0.15, 0.2) is 30.3 Å². The number of hydrogen-bond donors (Lipinski definition) is 6. The smallest absolute Gasteiger partial charge is 0.329 e. The zero-order valence-corrected chi connectivity index (χ0v) is 35.0. The van der Waals surface area contributed by atoms with Crippen LogP contribution in [0.2, 0.25) is 0 Å². The van der Waals surface area contributed by atoms with E-state index in [1.165, 1.54) is 11.8 Å². The Morgan fingerprint density at radius 2 is 1.32 bits per heavy atom. The van der Waals surface area contributed by atoms with Crippen molar-refractivity contribution in [3.63, 3.8) is 0 Å². The van der Waals surface area contributed by atoms with E-state index in [9.17, 15) is 38.4 Å². The Morgan fingerprint density at radius 3 is 1.84 bits per heavy atom. The first kappa shape index (κ1) is 46.4. The number of carbonyl (C=O) groups is 8. The Bertz CT molecular complexity index is 1620. The molecule has 0 bridgehead atoms. The second-order valence-electron chi connectivity index (χ2n) is 16.4. The minimum absolute atomic E-state index is 0.0152. The SMILES string of the molecule is CCC(=O)N[C@H](C(=O)N[C@@H]1C(=O)N[C@@H](Cc2ccccc2)C(=O)N2CCC[C@H]2C(=O)N[C@@H](C(C)C)C(=O)N[C@@H](C(C)C)C(=O)NC(C(C)C)C(=O)O[C@@H]1C)C(C)C. The standard InChI is InChI=1S/C41H63N7O9/c1-11-29(49)43-30(21(2)3)36(51)47-34-25(10)57-41(56)33(24(8)9)46-38(53)32(23(6)7)45-37(52)31(22(4)5)44-35(50)28-18-15-19-48(28)40(55)27(42-39(34)54)20-26-16-13-12-14-17-26/h12-14,16-17,21-25,27-28,30-34H,11,15,18-20H2,1-10H3,(H,42,54)(H,43,49)(H,44,50)(H,45,52)(H,46,53)(H,47,51)/t25-,27+,28+,30+,31+,32+,33?,34+/m1/s1. The van der Waals surface area contributed by atoms with Gasteiger partial charge in [0, 0.05) is 19.4 Å². The Morgan fingerprint density at radius 1 is 0.772 bits per heavy atom. The maximum absolute atomic E-state index is 14.5. The first-order valence-corrected chi connectivity index (χ1v) is 20.1. The lowest BCUT2D eigenvalue weighted by atomic mass is 9.98. The predicted molar refractivity (Wildman–Crippen MR) is 212 cm³/mol. The molecule has 3 rings (SSSR count). The molecule has 7 amide bonds. The Balaban J connectivity index is 2.17. The van der Waals surface area contributed by atoms with Crippen molar-refractivity contribution in [3.8, 4) is 0 Å². The van der Waals surface area contributed by atoms with Crippen LogP contribution < -0.4 is 31.9 Å². The summed E-state index contributed by atoms with van der Waals surface area (Å²) in [6.07, 6.45) is -0.458. The van der Waals surface area contributed by atoms with E-state index in [2.05, 4.69) is 31.9 Å². The van der Waals surface area contributed by atoms with E-state index in [0.717, 1.165) is 0 Å². The number of carbonyl (C=O) groups excluding carboxylic acids is 8. The Labute approximate surface area is 336 Å². The lowest BCUT2D eigenvalue weighted by Crippen LogP contribution is -2.62. The van der Waals surface area contributed by atoms with Crippen molar-refractivity contribution < 1.29 is 43.1 Å². The largest absolute Gasteiger partial charge is 0.458 e. The van der Waals surface area contributed by atoms with Gasteiger partial charge in [-0.25, -0.2) is 4.79 Å². The average molecular weight is 798 g/mol. The van der Waals surface area contributed by atoms with Gasteiger partial charge >= 0.3 is 5.97 Å². The molecule has 2 saturated heterocycles. The van der Waals surface area contributed by atoms with Gasteiger partial charge in [0.05, 0.1) is 0 Å². The van der Waals surface area contributed by atoms with Crippen LogP contribution in [0.25, 0.3) is 0 Å². The summed E-state index contributed by atoms with van der Waals surface area (Å²) in [7, 11) is 0. The zero-order valence-electron chi connectivity index (χ0n) is 35.0. The molecular weight excluding hydrogens is 734 g/mol. The highest BCUT2D eigenvalue weighted by Crippen LogP contribution is 2.21. The van der Waals surface area contributed by atoms with Gasteiger partial charge in [-0.1, -0.05) is 92.6 Å². The van der Waals surface area contributed by atoms with Crippen LogP contribution in [0.4, 0.5) is 0 Å². The van der Waals surface area contributed by atoms with Crippen LogP contribution in [-0.4, -0.2) is 107 Å². The highest BCUT2D eigenvalue weighted by atomic mass is 16.5. The van der Waals surface area contributed by atoms with Gasteiger partial charge in [0.1, 0.15) is 48.4 Å². The number of esters is 1. The number of fused-ring (bicyclic) bond motifs is 1. The fourth-order valence-corrected chi connectivity index (χ4v) is 6.89. The van der Waals surface area contributed by atoms with Gasteiger partial charge in [-0.3, -0.25) is 33.6 Å². The quantitative estimate of drug-likeness (QED) is 0.187. The van der Waals surface area contributed by atoms with Crippen molar-refractivity contribution in [2.24, 2.45) is 23.7 Å². The number of benzene rings is 1. The van der Waals surface area contributed by atoms with E-state index in [1.807, 2.05) is 0 Å². The molecular formula is C41H63N7O9. The van der Waals surface area contributed by atoms with Crippen molar-refractivity contribution in [2.75, 3.05) is 6.54 Å². The summed E-state index contributed by atoms with van der Waals surface area (Å²) in [5, 5.41) is 16.4. The zero-order chi connectivity index (χ0) is 42.7. The summed E-state index contributed by atoms with van der Waals surface area (Å²) in [6.45, 7) is 17.0. The molecule has 2 aliphatic heterocycles. The summed E-state index contributed by atoms with van der Waals surface area (Å²) in [4.78, 5) is 112. The number of hydrogen-bond acceptors (Lipinski definition) is 9. The van der Waals surface area contributed by atoms with Gasteiger partial charge < -0.3 is 41.5 Å². The molecule has 0 aliphatic carbocycles. The average Bonchev–Trinajstić information content (AvgIpc) is 3.64. The number of ether oxygens (including phenoxy) is 1. The van der Waals surface area contributed by atoms with Crippen molar-refractivity contribution in [2.45, 2.75) is 143 Å². The second kappa shape index (κ2) is 20.9. The molecule has 16 nitrogen and oxygen atoms in total. The van der Waals surface area contributed by atoms with Crippen molar-refractivity contribution in [1.82, 2.24) is 36.8 Å². The lowest BCUT2D eigenvalue weighted by molar-refractivity contribution is -0.157. The minimum Gasteiger partial charge on any atom is -0.458 e. The molecule has 0 spiro atoms. The first-order chi connectivity index (χ1) is 26.8. The molecule has 1 unspecified atom stereocenters. The number of amides is 7. The second-order valence-corrected chi connectivity index (χ2v) is 16.4. The van der Waals surface area contributed by atoms with Gasteiger partial charge in [0.25, 0.3) is 0 Å². The molecule has 1 aromatic rings. The molecule has 0 saturated carbocycles. The maximum atomic E-state index is 14.5. The van der Waals surface area contributed by atoms with Crippen LogP contribution in [0.5, 0.6) is 0 Å². The summed E-state index contributed by atoms with van der Waals surface area (Å²) < 4.78 is 5.84. The number of nitrogens with zero attached hydrogens (tertiary/aromatic N) is 1. The van der Waals surface area contributed by atoms with Crippen LogP contribution in [0.3, 0.4) is 0 Å². The van der Waals surface area contributed by atoms with Crippen LogP contribution in [0, 0.1) is 23.7 Å². The molecule has 2 aliphatic rings. The molecule has 0 radical (unpaired) electrons. The normalized spacial score (nSPS) is 26.4. The third kappa shape index (κ3) is 12.5. The highest BCUT2D eigenvalue weighted by Gasteiger charge is 2.43.